The minimum absolute atomic E-state index is 0.142. The Hall–Kier alpha value is -2.77. The SMILES string of the molecule is CCSc1ccccc1NC(=O)CN(c1ccc(C)c(C)c1)S(=O)(=O)c1ccccc1. The number of sulfonamides is 1. The molecule has 3 aromatic rings. The van der Waals surface area contributed by atoms with Gasteiger partial charge in [0.15, 0.2) is 0 Å². The molecule has 0 aromatic heterocycles. The number of aryl methyl sites for hydroxylation is 2. The number of hydrogen-bond donors (Lipinski definition) is 1. The fourth-order valence-electron chi connectivity index (χ4n) is 3.09. The zero-order chi connectivity index (χ0) is 22.4. The first-order valence-electron chi connectivity index (χ1n) is 9.99. The van der Waals surface area contributed by atoms with Crippen molar-refractivity contribution < 1.29 is 13.2 Å². The van der Waals surface area contributed by atoms with E-state index >= 15 is 0 Å². The second kappa shape index (κ2) is 10.0. The van der Waals surface area contributed by atoms with Crippen molar-refractivity contribution >= 4 is 39.1 Å². The van der Waals surface area contributed by atoms with E-state index in [0.717, 1.165) is 21.8 Å². The second-order valence-electron chi connectivity index (χ2n) is 7.07. The van der Waals surface area contributed by atoms with Crippen molar-refractivity contribution in [2.45, 2.75) is 30.6 Å². The van der Waals surface area contributed by atoms with E-state index in [1.54, 1.807) is 42.1 Å². The Bertz CT molecular complexity index is 1160. The highest BCUT2D eigenvalue weighted by Crippen LogP contribution is 2.28. The molecule has 0 fully saturated rings. The van der Waals surface area contributed by atoms with Gasteiger partial charge in [-0.2, -0.15) is 0 Å². The van der Waals surface area contributed by atoms with Crippen molar-refractivity contribution in [3.05, 3.63) is 83.9 Å². The lowest BCUT2D eigenvalue weighted by Crippen LogP contribution is -2.38. The second-order valence-corrected chi connectivity index (χ2v) is 10.2. The molecular formula is C24H26N2O3S2. The topological polar surface area (TPSA) is 66.5 Å². The van der Waals surface area contributed by atoms with Gasteiger partial charge < -0.3 is 5.32 Å². The number of para-hydroxylation sites is 1. The lowest BCUT2D eigenvalue weighted by molar-refractivity contribution is -0.114. The van der Waals surface area contributed by atoms with Gasteiger partial charge in [0.2, 0.25) is 5.91 Å². The van der Waals surface area contributed by atoms with Crippen LogP contribution in [0.15, 0.2) is 82.6 Å². The van der Waals surface area contributed by atoms with E-state index in [-0.39, 0.29) is 11.4 Å². The summed E-state index contributed by atoms with van der Waals surface area (Å²) < 4.78 is 28.0. The summed E-state index contributed by atoms with van der Waals surface area (Å²) in [7, 11) is -3.92. The number of nitrogens with zero attached hydrogens (tertiary/aromatic N) is 1. The summed E-state index contributed by atoms with van der Waals surface area (Å²) in [6, 6.07) is 21.1. The Morgan fingerprint density at radius 3 is 2.29 bits per heavy atom. The third-order valence-electron chi connectivity index (χ3n) is 4.86. The number of rotatable bonds is 8. The van der Waals surface area contributed by atoms with Gasteiger partial charge in [-0.1, -0.05) is 43.3 Å². The van der Waals surface area contributed by atoms with Gasteiger partial charge >= 0.3 is 0 Å². The Kier molecular flexibility index (Phi) is 7.41. The molecule has 0 bridgehead atoms. The van der Waals surface area contributed by atoms with Gasteiger partial charge in [0, 0.05) is 4.90 Å². The summed E-state index contributed by atoms with van der Waals surface area (Å²) in [6.07, 6.45) is 0. The molecule has 0 saturated carbocycles. The number of carbonyl (C=O) groups is 1. The molecule has 3 rings (SSSR count). The molecule has 0 radical (unpaired) electrons. The summed E-state index contributed by atoms with van der Waals surface area (Å²) in [5, 5.41) is 2.88. The van der Waals surface area contributed by atoms with Gasteiger partial charge in [0.25, 0.3) is 10.0 Å². The van der Waals surface area contributed by atoms with Crippen LogP contribution in [0, 0.1) is 13.8 Å². The van der Waals surface area contributed by atoms with Crippen molar-refractivity contribution in [3.63, 3.8) is 0 Å². The Labute approximate surface area is 188 Å². The molecule has 0 heterocycles. The van der Waals surface area contributed by atoms with Gasteiger partial charge in [-0.15, -0.1) is 11.8 Å². The summed E-state index contributed by atoms with van der Waals surface area (Å²) in [4.78, 5) is 14.0. The lowest BCUT2D eigenvalue weighted by Gasteiger charge is -2.25. The monoisotopic (exact) mass is 454 g/mol. The number of amides is 1. The summed E-state index contributed by atoms with van der Waals surface area (Å²) in [5.74, 6) is 0.464. The van der Waals surface area contributed by atoms with E-state index in [1.165, 1.54) is 16.4 Å². The lowest BCUT2D eigenvalue weighted by atomic mass is 10.1. The van der Waals surface area contributed by atoms with Crippen molar-refractivity contribution in [2.75, 3.05) is 21.9 Å². The molecule has 1 amide bonds. The van der Waals surface area contributed by atoms with Crippen LogP contribution in [0.3, 0.4) is 0 Å². The van der Waals surface area contributed by atoms with Crippen LogP contribution in [0.1, 0.15) is 18.1 Å². The molecular weight excluding hydrogens is 428 g/mol. The minimum atomic E-state index is -3.92. The average Bonchev–Trinajstić information content (AvgIpc) is 2.76. The number of nitrogens with one attached hydrogen (secondary N) is 1. The molecule has 3 aromatic carbocycles. The van der Waals surface area contributed by atoms with Gasteiger partial charge in [-0.3, -0.25) is 9.10 Å². The maximum atomic E-state index is 13.4. The highest BCUT2D eigenvalue weighted by molar-refractivity contribution is 7.99. The van der Waals surface area contributed by atoms with Crippen LogP contribution in [0.2, 0.25) is 0 Å². The Balaban J connectivity index is 1.95. The van der Waals surface area contributed by atoms with Crippen LogP contribution in [0.5, 0.6) is 0 Å². The van der Waals surface area contributed by atoms with Gasteiger partial charge in [-0.05, 0) is 67.1 Å². The van der Waals surface area contributed by atoms with Gasteiger partial charge in [-0.25, -0.2) is 8.42 Å². The van der Waals surface area contributed by atoms with Crippen LogP contribution in [-0.4, -0.2) is 26.6 Å². The standard InChI is InChI=1S/C24H26N2O3S2/c1-4-30-23-13-9-8-12-22(23)25-24(27)17-26(20-15-14-18(2)19(3)16-20)31(28,29)21-10-6-5-7-11-21/h5-16H,4,17H2,1-3H3,(H,25,27). The predicted molar refractivity (Wildman–Crippen MR) is 128 cm³/mol. The van der Waals surface area contributed by atoms with Crippen LogP contribution >= 0.6 is 11.8 Å². The van der Waals surface area contributed by atoms with E-state index in [0.29, 0.717) is 11.4 Å². The zero-order valence-corrected chi connectivity index (χ0v) is 19.5. The number of carbonyl (C=O) groups excluding carboxylic acids is 1. The van der Waals surface area contributed by atoms with Gasteiger partial charge in [0.1, 0.15) is 6.54 Å². The third kappa shape index (κ3) is 5.48. The first kappa shape index (κ1) is 22.9. The molecule has 162 valence electrons. The highest BCUT2D eigenvalue weighted by Gasteiger charge is 2.27. The summed E-state index contributed by atoms with van der Waals surface area (Å²) in [5.41, 5.74) is 3.14. The summed E-state index contributed by atoms with van der Waals surface area (Å²) >= 11 is 1.62. The highest BCUT2D eigenvalue weighted by atomic mass is 32.2. The largest absolute Gasteiger partial charge is 0.323 e. The zero-order valence-electron chi connectivity index (χ0n) is 17.8. The molecule has 5 nitrogen and oxygen atoms in total. The molecule has 1 N–H and O–H groups in total. The van der Waals surface area contributed by atoms with Crippen LogP contribution < -0.4 is 9.62 Å². The van der Waals surface area contributed by atoms with Gasteiger partial charge in [0.05, 0.1) is 16.3 Å². The number of thioether (sulfide) groups is 1. The average molecular weight is 455 g/mol. The molecule has 0 spiro atoms. The van der Waals surface area contributed by atoms with E-state index in [1.807, 2.05) is 51.1 Å². The van der Waals surface area contributed by atoms with E-state index in [4.69, 9.17) is 0 Å². The molecule has 0 saturated heterocycles. The van der Waals surface area contributed by atoms with Crippen LogP contribution in [0.25, 0.3) is 0 Å². The quantitative estimate of drug-likeness (QED) is 0.472. The molecule has 0 unspecified atom stereocenters. The fourth-order valence-corrected chi connectivity index (χ4v) is 5.28. The molecule has 31 heavy (non-hydrogen) atoms. The smallest absolute Gasteiger partial charge is 0.264 e. The number of anilines is 2. The molecule has 0 aliphatic carbocycles. The van der Waals surface area contributed by atoms with Crippen molar-refractivity contribution in [1.82, 2.24) is 0 Å². The van der Waals surface area contributed by atoms with E-state index in [2.05, 4.69) is 5.32 Å². The predicted octanol–water partition coefficient (Wildman–Crippen LogP) is 5.25. The van der Waals surface area contributed by atoms with E-state index < -0.39 is 15.9 Å². The number of hydrogen-bond acceptors (Lipinski definition) is 4. The maximum Gasteiger partial charge on any atom is 0.264 e. The van der Waals surface area contributed by atoms with Crippen LogP contribution in [-0.2, 0) is 14.8 Å². The Morgan fingerprint density at radius 2 is 1.61 bits per heavy atom. The third-order valence-corrected chi connectivity index (χ3v) is 7.60. The molecule has 7 heteroatoms. The Morgan fingerprint density at radius 1 is 0.935 bits per heavy atom. The van der Waals surface area contributed by atoms with Crippen LogP contribution in [0.4, 0.5) is 11.4 Å². The molecule has 0 aliphatic rings. The molecule has 0 atom stereocenters. The molecule has 0 aliphatic heterocycles. The normalized spacial score (nSPS) is 11.2. The first-order valence-corrected chi connectivity index (χ1v) is 12.4. The van der Waals surface area contributed by atoms with Crippen molar-refractivity contribution in [1.29, 1.82) is 0 Å². The van der Waals surface area contributed by atoms with Crippen molar-refractivity contribution in [2.24, 2.45) is 0 Å². The summed E-state index contributed by atoms with van der Waals surface area (Å²) in [6.45, 7) is 5.59. The van der Waals surface area contributed by atoms with E-state index in [9.17, 15) is 13.2 Å². The van der Waals surface area contributed by atoms with Crippen molar-refractivity contribution in [3.8, 4) is 0 Å². The maximum absolute atomic E-state index is 13.4. The minimum Gasteiger partial charge on any atom is -0.323 e. The first-order chi connectivity index (χ1) is 14.8. The fraction of sp³-hybridized carbons (Fsp3) is 0.208. The number of benzene rings is 3.